The molecule has 0 saturated carbocycles. The molecule has 0 saturated heterocycles. The van der Waals surface area contributed by atoms with E-state index >= 15 is 0 Å². The zero-order valence-corrected chi connectivity index (χ0v) is 12.7. The number of urea groups is 1. The zero-order valence-electron chi connectivity index (χ0n) is 11.1. The fourth-order valence-electron chi connectivity index (χ4n) is 1.36. The molecule has 6 heteroatoms. The van der Waals surface area contributed by atoms with Crippen molar-refractivity contribution in [2.45, 2.75) is 13.8 Å². The average Bonchev–Trinajstić information content (AvgIpc) is 2.38. The molecule has 0 radical (unpaired) electrons. The Balaban J connectivity index is 2.48. The average molecular weight is 329 g/mol. The number of amides is 2. The number of anilines is 1. The van der Waals surface area contributed by atoms with Crippen LogP contribution >= 0.6 is 15.9 Å². The maximum absolute atomic E-state index is 11.7. The molecule has 0 aliphatic heterocycles. The van der Waals surface area contributed by atoms with Crippen molar-refractivity contribution in [3.05, 3.63) is 28.7 Å². The third-order valence-electron chi connectivity index (χ3n) is 2.53. The topological polar surface area (TPSA) is 67.4 Å². The molecule has 1 aromatic carbocycles. The number of ether oxygens (including phenoxy) is 1. The van der Waals surface area contributed by atoms with Crippen LogP contribution in [0.1, 0.15) is 13.8 Å². The van der Waals surface area contributed by atoms with Crippen molar-refractivity contribution in [3.8, 4) is 0 Å². The van der Waals surface area contributed by atoms with Gasteiger partial charge in [0.05, 0.1) is 12.5 Å². The highest BCUT2D eigenvalue weighted by atomic mass is 79.9. The van der Waals surface area contributed by atoms with Crippen molar-refractivity contribution in [1.29, 1.82) is 0 Å². The maximum atomic E-state index is 11.7. The van der Waals surface area contributed by atoms with Crippen molar-refractivity contribution in [2.75, 3.05) is 19.0 Å². The van der Waals surface area contributed by atoms with Crippen LogP contribution in [0.5, 0.6) is 0 Å². The number of carbonyl (C=O) groups is 2. The van der Waals surface area contributed by atoms with Crippen molar-refractivity contribution in [3.63, 3.8) is 0 Å². The summed E-state index contributed by atoms with van der Waals surface area (Å²) in [5, 5.41) is 5.31. The number of carbonyl (C=O) groups excluding carboxylic acids is 2. The molecule has 0 spiro atoms. The Labute approximate surface area is 120 Å². The highest BCUT2D eigenvalue weighted by Gasteiger charge is 2.29. The summed E-state index contributed by atoms with van der Waals surface area (Å²) in [6, 6.07) is 6.84. The molecule has 0 aliphatic rings. The van der Waals surface area contributed by atoms with Crippen molar-refractivity contribution < 1.29 is 14.3 Å². The lowest BCUT2D eigenvalue weighted by Crippen LogP contribution is -2.41. The number of halogens is 1. The van der Waals surface area contributed by atoms with Crippen LogP contribution in [-0.2, 0) is 9.53 Å². The zero-order chi connectivity index (χ0) is 14.5. The molecule has 0 fully saturated rings. The van der Waals surface area contributed by atoms with E-state index in [2.05, 4.69) is 31.3 Å². The van der Waals surface area contributed by atoms with E-state index < -0.39 is 5.41 Å². The van der Waals surface area contributed by atoms with E-state index in [0.717, 1.165) is 4.47 Å². The van der Waals surface area contributed by atoms with Gasteiger partial charge < -0.3 is 15.4 Å². The molecule has 1 rings (SSSR count). The highest BCUT2D eigenvalue weighted by Crippen LogP contribution is 2.16. The van der Waals surface area contributed by atoms with E-state index in [1.807, 2.05) is 12.1 Å². The Kier molecular flexibility index (Phi) is 5.35. The smallest absolute Gasteiger partial charge is 0.319 e. The Hall–Kier alpha value is -1.56. The summed E-state index contributed by atoms with van der Waals surface area (Å²) in [6.45, 7) is 3.61. The highest BCUT2D eigenvalue weighted by molar-refractivity contribution is 9.10. The molecule has 0 aromatic heterocycles. The second-order valence-corrected chi connectivity index (χ2v) is 5.61. The van der Waals surface area contributed by atoms with E-state index in [4.69, 9.17) is 0 Å². The molecule has 1 aromatic rings. The first-order valence-corrected chi connectivity index (χ1v) is 6.53. The lowest BCUT2D eigenvalue weighted by Gasteiger charge is -2.21. The van der Waals surface area contributed by atoms with E-state index in [-0.39, 0.29) is 18.5 Å². The summed E-state index contributed by atoms with van der Waals surface area (Å²) in [6.07, 6.45) is 0. The van der Waals surface area contributed by atoms with Gasteiger partial charge in [-0.25, -0.2) is 4.79 Å². The molecule has 0 atom stereocenters. The van der Waals surface area contributed by atoms with Gasteiger partial charge in [-0.05, 0) is 38.1 Å². The number of hydrogen-bond acceptors (Lipinski definition) is 3. The predicted octanol–water partition coefficient (Wildman–Crippen LogP) is 2.77. The van der Waals surface area contributed by atoms with Crippen LogP contribution in [0.3, 0.4) is 0 Å². The van der Waals surface area contributed by atoms with Gasteiger partial charge in [-0.2, -0.15) is 0 Å². The molecule has 5 nitrogen and oxygen atoms in total. The molecule has 0 unspecified atom stereocenters. The first kappa shape index (κ1) is 15.5. The lowest BCUT2D eigenvalue weighted by atomic mass is 9.94. The van der Waals surface area contributed by atoms with Gasteiger partial charge in [-0.1, -0.05) is 15.9 Å². The quantitative estimate of drug-likeness (QED) is 0.835. The summed E-state index contributed by atoms with van der Waals surface area (Å²) < 4.78 is 5.60. The second-order valence-electron chi connectivity index (χ2n) is 4.69. The van der Waals surface area contributed by atoms with Crippen LogP contribution in [0.25, 0.3) is 0 Å². The Morgan fingerprint density at radius 3 is 2.37 bits per heavy atom. The number of methoxy groups -OCH3 is 1. The number of esters is 1. The molecule has 104 valence electrons. The Bertz CT molecular complexity index is 457. The minimum Gasteiger partial charge on any atom is -0.469 e. The fraction of sp³-hybridized carbons (Fsp3) is 0.385. The second kappa shape index (κ2) is 6.56. The largest absolute Gasteiger partial charge is 0.469 e. The summed E-state index contributed by atoms with van der Waals surface area (Å²) >= 11 is 3.31. The van der Waals surface area contributed by atoms with Crippen LogP contribution in [-0.4, -0.2) is 25.7 Å². The van der Waals surface area contributed by atoms with Gasteiger partial charge in [0.25, 0.3) is 0 Å². The third-order valence-corrected chi connectivity index (χ3v) is 3.06. The number of hydrogen-bond donors (Lipinski definition) is 2. The van der Waals surface area contributed by atoms with E-state index in [9.17, 15) is 9.59 Å². The van der Waals surface area contributed by atoms with Gasteiger partial charge in [-0.15, -0.1) is 0 Å². The first-order valence-electron chi connectivity index (χ1n) is 5.74. The monoisotopic (exact) mass is 328 g/mol. The fourth-order valence-corrected chi connectivity index (χ4v) is 1.62. The van der Waals surface area contributed by atoms with E-state index in [1.54, 1.807) is 26.0 Å². The minimum atomic E-state index is -0.758. The molecular formula is C13H17BrN2O3. The normalized spacial score (nSPS) is 10.7. The minimum absolute atomic E-state index is 0.196. The van der Waals surface area contributed by atoms with Gasteiger partial charge >= 0.3 is 12.0 Å². The maximum Gasteiger partial charge on any atom is 0.319 e. The summed E-state index contributed by atoms with van der Waals surface area (Å²) in [5.41, 5.74) is -0.0807. The third kappa shape index (κ3) is 4.90. The SMILES string of the molecule is COC(=O)C(C)(C)CNC(=O)Nc1ccc(Br)cc1. The molecular weight excluding hydrogens is 312 g/mol. The molecule has 0 heterocycles. The lowest BCUT2D eigenvalue weighted by molar-refractivity contribution is -0.150. The van der Waals surface area contributed by atoms with Crippen LogP contribution in [0.4, 0.5) is 10.5 Å². The van der Waals surface area contributed by atoms with Crippen LogP contribution in [0.2, 0.25) is 0 Å². The molecule has 2 N–H and O–H groups in total. The van der Waals surface area contributed by atoms with Gasteiger partial charge in [-0.3, -0.25) is 4.79 Å². The Morgan fingerprint density at radius 1 is 1.26 bits per heavy atom. The van der Waals surface area contributed by atoms with Crippen LogP contribution in [0, 0.1) is 5.41 Å². The predicted molar refractivity (Wildman–Crippen MR) is 77.0 cm³/mol. The Morgan fingerprint density at radius 2 is 1.84 bits per heavy atom. The van der Waals surface area contributed by atoms with Gasteiger partial charge in [0.2, 0.25) is 0 Å². The van der Waals surface area contributed by atoms with Gasteiger partial charge in [0.15, 0.2) is 0 Å². The molecule has 0 aliphatic carbocycles. The van der Waals surface area contributed by atoms with Crippen molar-refractivity contribution >= 4 is 33.6 Å². The van der Waals surface area contributed by atoms with Crippen LogP contribution in [0.15, 0.2) is 28.7 Å². The van der Waals surface area contributed by atoms with Gasteiger partial charge in [0, 0.05) is 16.7 Å². The molecule has 19 heavy (non-hydrogen) atoms. The molecule has 0 bridgehead atoms. The van der Waals surface area contributed by atoms with E-state index in [0.29, 0.717) is 5.69 Å². The summed E-state index contributed by atoms with van der Waals surface area (Å²) in [4.78, 5) is 23.1. The number of benzene rings is 1. The number of nitrogens with one attached hydrogen (secondary N) is 2. The number of rotatable bonds is 4. The van der Waals surface area contributed by atoms with Crippen molar-refractivity contribution in [1.82, 2.24) is 5.32 Å². The summed E-state index contributed by atoms with van der Waals surface area (Å²) in [7, 11) is 1.33. The molecule has 2 amide bonds. The van der Waals surface area contributed by atoms with E-state index in [1.165, 1.54) is 7.11 Å². The first-order chi connectivity index (χ1) is 8.85. The summed E-state index contributed by atoms with van der Waals surface area (Å²) in [5.74, 6) is -0.364. The van der Waals surface area contributed by atoms with Gasteiger partial charge in [0.1, 0.15) is 0 Å². The van der Waals surface area contributed by atoms with Crippen LogP contribution < -0.4 is 10.6 Å². The van der Waals surface area contributed by atoms with Crippen molar-refractivity contribution in [2.24, 2.45) is 5.41 Å². The standard InChI is InChI=1S/C13H17BrN2O3/c1-13(2,11(17)19-3)8-15-12(18)16-10-6-4-9(14)5-7-10/h4-7H,8H2,1-3H3,(H2,15,16,18).